The monoisotopic (exact) mass is 250 g/mol. The normalized spacial score (nSPS) is 16.9. The van der Waals surface area contributed by atoms with E-state index >= 15 is 0 Å². The van der Waals surface area contributed by atoms with E-state index in [1.165, 1.54) is 12.8 Å². The van der Waals surface area contributed by atoms with Crippen molar-refractivity contribution >= 4 is 10.0 Å². The van der Waals surface area contributed by atoms with Crippen LogP contribution >= 0.6 is 0 Å². The molecule has 0 amide bonds. The van der Waals surface area contributed by atoms with Crippen LogP contribution in [0.2, 0.25) is 0 Å². The van der Waals surface area contributed by atoms with E-state index in [0.717, 1.165) is 6.54 Å². The third-order valence-electron chi connectivity index (χ3n) is 2.78. The van der Waals surface area contributed by atoms with Gasteiger partial charge in [-0.1, -0.05) is 0 Å². The molecule has 0 aromatic carbocycles. The Morgan fingerprint density at radius 3 is 2.62 bits per heavy atom. The van der Waals surface area contributed by atoms with Crippen molar-refractivity contribution in [2.24, 2.45) is 0 Å². The second-order valence-electron chi connectivity index (χ2n) is 4.36. The van der Waals surface area contributed by atoms with Gasteiger partial charge in [0.15, 0.2) is 0 Å². The second-order valence-corrected chi connectivity index (χ2v) is 6.28. The topological polar surface area (TPSA) is 69.6 Å². The largest absolute Gasteiger partial charge is 0.396 e. The summed E-state index contributed by atoms with van der Waals surface area (Å²) >= 11 is 0. The van der Waals surface area contributed by atoms with E-state index < -0.39 is 10.0 Å². The van der Waals surface area contributed by atoms with Crippen molar-refractivity contribution < 1.29 is 13.5 Å². The average molecular weight is 250 g/mol. The van der Waals surface area contributed by atoms with Gasteiger partial charge in [0.1, 0.15) is 0 Å². The molecule has 6 heteroatoms. The predicted molar refractivity (Wildman–Crippen MR) is 63.8 cm³/mol. The number of nitrogens with zero attached hydrogens (tertiary/aromatic N) is 1. The van der Waals surface area contributed by atoms with Crippen LogP contribution in [0, 0.1) is 0 Å². The Balaban J connectivity index is 2.09. The van der Waals surface area contributed by atoms with E-state index in [4.69, 9.17) is 5.11 Å². The molecule has 0 saturated heterocycles. The van der Waals surface area contributed by atoms with Gasteiger partial charge in [-0.05, 0) is 32.7 Å². The molecule has 2 N–H and O–H groups in total. The van der Waals surface area contributed by atoms with Crippen molar-refractivity contribution in [3.63, 3.8) is 0 Å². The highest BCUT2D eigenvalue weighted by atomic mass is 32.2. The van der Waals surface area contributed by atoms with E-state index in [1.54, 1.807) is 0 Å². The number of aliphatic hydroxyl groups excluding tert-OH is 1. The summed E-state index contributed by atoms with van der Waals surface area (Å²) in [5.74, 6) is 0.112. The minimum atomic E-state index is -3.14. The Morgan fingerprint density at radius 2 is 2.06 bits per heavy atom. The molecule has 0 unspecified atom stereocenters. The number of rotatable bonds is 9. The van der Waals surface area contributed by atoms with Crippen LogP contribution in [0.4, 0.5) is 0 Å². The lowest BCUT2D eigenvalue weighted by molar-refractivity contribution is 0.287. The molecule has 0 aromatic rings. The summed E-state index contributed by atoms with van der Waals surface area (Å²) in [6, 6.07) is 0.666. The molecule has 0 aliphatic heterocycles. The smallest absolute Gasteiger partial charge is 0.211 e. The van der Waals surface area contributed by atoms with E-state index in [2.05, 4.69) is 9.62 Å². The number of hydrogen-bond acceptors (Lipinski definition) is 4. The van der Waals surface area contributed by atoms with Crippen LogP contribution < -0.4 is 4.72 Å². The summed E-state index contributed by atoms with van der Waals surface area (Å²) in [7, 11) is -1.12. The maximum atomic E-state index is 11.5. The summed E-state index contributed by atoms with van der Waals surface area (Å²) in [5, 5.41) is 8.56. The maximum Gasteiger partial charge on any atom is 0.211 e. The van der Waals surface area contributed by atoms with Crippen LogP contribution in [-0.4, -0.2) is 57.0 Å². The third-order valence-corrected chi connectivity index (χ3v) is 4.25. The van der Waals surface area contributed by atoms with Gasteiger partial charge in [-0.2, -0.15) is 0 Å². The van der Waals surface area contributed by atoms with E-state index in [1.807, 2.05) is 7.05 Å². The predicted octanol–water partition coefficient (Wildman–Crippen LogP) is -0.227. The van der Waals surface area contributed by atoms with E-state index in [-0.39, 0.29) is 12.4 Å². The van der Waals surface area contributed by atoms with Crippen LogP contribution in [0.1, 0.15) is 25.7 Å². The number of unbranched alkanes of at least 4 members (excludes halogenated alkanes) is 1. The molecule has 0 heterocycles. The number of likely N-dealkylation sites (N-methyl/N-ethyl adjacent to an activating group) is 1. The van der Waals surface area contributed by atoms with Crippen LogP contribution in [0.15, 0.2) is 0 Å². The number of aliphatic hydroxyl groups is 1. The summed E-state index contributed by atoms with van der Waals surface area (Å²) in [6.07, 6.45) is 3.53. The molecule has 1 rings (SSSR count). The van der Waals surface area contributed by atoms with Crippen molar-refractivity contribution in [2.75, 3.05) is 32.5 Å². The summed E-state index contributed by atoms with van der Waals surface area (Å²) in [5.41, 5.74) is 0. The molecule has 5 nitrogen and oxygen atoms in total. The lowest BCUT2D eigenvalue weighted by Crippen LogP contribution is -2.35. The molecule has 1 fully saturated rings. The molecule has 0 radical (unpaired) electrons. The molecule has 0 atom stereocenters. The zero-order valence-corrected chi connectivity index (χ0v) is 10.7. The van der Waals surface area contributed by atoms with Gasteiger partial charge in [0.05, 0.1) is 5.75 Å². The van der Waals surface area contributed by atoms with Crippen molar-refractivity contribution in [2.45, 2.75) is 31.7 Å². The van der Waals surface area contributed by atoms with Crippen LogP contribution in [0.25, 0.3) is 0 Å². The molecular formula is C10H22N2O3S. The Labute approximate surface area is 97.9 Å². The van der Waals surface area contributed by atoms with Crippen LogP contribution in [-0.2, 0) is 10.0 Å². The number of hydrogen-bond donors (Lipinski definition) is 2. The van der Waals surface area contributed by atoms with E-state index in [0.29, 0.717) is 25.4 Å². The van der Waals surface area contributed by atoms with Crippen molar-refractivity contribution in [1.82, 2.24) is 9.62 Å². The lowest BCUT2D eigenvalue weighted by Gasteiger charge is -2.15. The highest BCUT2D eigenvalue weighted by molar-refractivity contribution is 7.89. The highest BCUT2D eigenvalue weighted by Crippen LogP contribution is 2.24. The fourth-order valence-corrected chi connectivity index (χ4v) is 2.68. The number of sulfonamides is 1. The molecule has 96 valence electrons. The second kappa shape index (κ2) is 6.54. The van der Waals surface area contributed by atoms with Gasteiger partial charge in [-0.3, -0.25) is 0 Å². The molecular weight excluding hydrogens is 228 g/mol. The summed E-state index contributed by atoms with van der Waals surface area (Å²) in [6.45, 7) is 1.30. The molecule has 0 bridgehead atoms. The molecule has 1 aliphatic carbocycles. The molecule has 0 aromatic heterocycles. The van der Waals surface area contributed by atoms with Crippen LogP contribution in [0.3, 0.4) is 0 Å². The van der Waals surface area contributed by atoms with Gasteiger partial charge in [-0.25, -0.2) is 13.1 Å². The fraction of sp³-hybridized carbons (Fsp3) is 1.00. The van der Waals surface area contributed by atoms with Crippen molar-refractivity contribution in [1.29, 1.82) is 0 Å². The van der Waals surface area contributed by atoms with Gasteiger partial charge >= 0.3 is 0 Å². The van der Waals surface area contributed by atoms with Crippen molar-refractivity contribution in [3.05, 3.63) is 0 Å². The SMILES string of the molecule is CN(CCNS(=O)(=O)CCCCO)C1CC1. The first-order valence-corrected chi connectivity index (χ1v) is 7.49. The molecule has 0 spiro atoms. The first kappa shape index (κ1) is 13.9. The first-order chi connectivity index (χ1) is 7.55. The Hall–Kier alpha value is -0.170. The van der Waals surface area contributed by atoms with Crippen molar-refractivity contribution in [3.8, 4) is 0 Å². The van der Waals surface area contributed by atoms with Crippen LogP contribution in [0.5, 0.6) is 0 Å². The molecule has 1 aliphatic rings. The van der Waals surface area contributed by atoms with Gasteiger partial charge in [0.25, 0.3) is 0 Å². The van der Waals surface area contributed by atoms with Gasteiger partial charge < -0.3 is 10.0 Å². The van der Waals surface area contributed by atoms with Gasteiger partial charge in [-0.15, -0.1) is 0 Å². The Morgan fingerprint density at radius 1 is 1.38 bits per heavy atom. The first-order valence-electron chi connectivity index (χ1n) is 5.83. The van der Waals surface area contributed by atoms with E-state index in [9.17, 15) is 8.42 Å². The minimum Gasteiger partial charge on any atom is -0.396 e. The quantitative estimate of drug-likeness (QED) is 0.555. The summed E-state index contributed by atoms with van der Waals surface area (Å²) < 4.78 is 25.5. The number of nitrogens with one attached hydrogen (secondary N) is 1. The Kier molecular flexibility index (Phi) is 5.68. The summed E-state index contributed by atoms with van der Waals surface area (Å²) in [4.78, 5) is 2.19. The maximum absolute atomic E-state index is 11.5. The van der Waals surface area contributed by atoms with Gasteiger partial charge in [0, 0.05) is 25.7 Å². The average Bonchev–Trinajstić information content (AvgIpc) is 3.00. The highest BCUT2D eigenvalue weighted by Gasteiger charge is 2.25. The lowest BCUT2D eigenvalue weighted by atomic mass is 10.4. The molecule has 1 saturated carbocycles. The minimum absolute atomic E-state index is 0.0555. The molecule has 16 heavy (non-hydrogen) atoms. The third kappa shape index (κ3) is 5.79. The standard InChI is InChI=1S/C10H22N2O3S/c1-12(10-4-5-10)7-6-11-16(14,15)9-3-2-8-13/h10-11,13H,2-9H2,1H3. The zero-order chi connectivity index (χ0) is 12.0. The fourth-order valence-electron chi connectivity index (χ4n) is 1.55. The Bertz CT molecular complexity index is 288. The zero-order valence-electron chi connectivity index (χ0n) is 9.85. The van der Waals surface area contributed by atoms with Gasteiger partial charge in [0.2, 0.25) is 10.0 Å².